The lowest BCUT2D eigenvalue weighted by Gasteiger charge is -2.21. The van der Waals surface area contributed by atoms with Crippen LogP contribution in [-0.4, -0.2) is 66.2 Å². The minimum Gasteiger partial charge on any atom is -0.467 e. The molecule has 3 aromatic carbocycles. The topological polar surface area (TPSA) is 341 Å². The predicted octanol–water partition coefficient (Wildman–Crippen LogP) is 9.92. The Hall–Kier alpha value is -11.3. The van der Waals surface area contributed by atoms with E-state index >= 15 is 0 Å². The molecule has 0 spiro atoms. The largest absolute Gasteiger partial charge is 0.467 e. The molecule has 0 amide bonds. The van der Waals surface area contributed by atoms with Crippen LogP contribution >= 0.6 is 23.2 Å². The number of methoxy groups -OCH3 is 1. The zero-order valence-electron chi connectivity index (χ0n) is 45.0. The first-order valence-electron chi connectivity index (χ1n) is 25.3. The van der Waals surface area contributed by atoms with Gasteiger partial charge in [0.15, 0.2) is 17.5 Å². The van der Waals surface area contributed by atoms with Crippen LogP contribution in [0.1, 0.15) is 56.0 Å². The van der Waals surface area contributed by atoms with Crippen molar-refractivity contribution >= 4 is 90.2 Å². The fourth-order valence-electron chi connectivity index (χ4n) is 9.28. The van der Waals surface area contributed by atoms with E-state index in [4.69, 9.17) is 71.9 Å². The second-order valence-corrected chi connectivity index (χ2v) is 19.3. The van der Waals surface area contributed by atoms with Crippen molar-refractivity contribution in [2.24, 2.45) is 5.73 Å². The maximum Gasteiger partial charge on any atom is 0.316 e. The minimum atomic E-state index is -0.485. The van der Waals surface area contributed by atoms with Crippen LogP contribution in [0.25, 0.3) is 70.6 Å². The molecule has 12 aromatic rings. The first-order valence-corrected chi connectivity index (χ1v) is 26.1. The van der Waals surface area contributed by atoms with Crippen molar-refractivity contribution in [1.29, 1.82) is 0 Å². The van der Waals surface area contributed by atoms with Crippen LogP contribution in [-0.2, 0) is 0 Å². The van der Waals surface area contributed by atoms with E-state index in [1.54, 1.807) is 60.9 Å². The van der Waals surface area contributed by atoms with Crippen molar-refractivity contribution in [2.75, 3.05) is 29.2 Å². The van der Waals surface area contributed by atoms with Gasteiger partial charge in [-0.2, -0.15) is 0 Å². The second-order valence-electron chi connectivity index (χ2n) is 18.5. The Bertz CT molecular complexity index is 4710. The van der Waals surface area contributed by atoms with Crippen LogP contribution in [0.3, 0.4) is 0 Å². The Balaban J connectivity index is 0.000000148. The molecule has 28 heteroatoms. The van der Waals surface area contributed by atoms with Crippen molar-refractivity contribution < 1.29 is 18.3 Å². The summed E-state index contributed by atoms with van der Waals surface area (Å²) in [7, 11) is 1.48. The van der Waals surface area contributed by atoms with E-state index in [1.165, 1.54) is 52.3 Å². The van der Waals surface area contributed by atoms with Gasteiger partial charge in [0, 0.05) is 47.9 Å². The molecule has 9 aromatic heterocycles. The van der Waals surface area contributed by atoms with E-state index in [0.29, 0.717) is 82.6 Å². The molecule has 424 valence electrons. The van der Waals surface area contributed by atoms with Gasteiger partial charge in [0.05, 0.1) is 69.9 Å². The summed E-state index contributed by atoms with van der Waals surface area (Å²) in [6.07, 6.45) is 9.91. The fraction of sp³-hybridized carbons (Fsp3) is 0.123. The molecule has 0 bridgehead atoms. The summed E-state index contributed by atoms with van der Waals surface area (Å²) in [5.74, 6) is 1.67. The number of hydrogen-bond donors (Lipinski definition) is 5. The van der Waals surface area contributed by atoms with Gasteiger partial charge in [0.1, 0.15) is 54.7 Å². The molecular formula is C57H45Cl2N19O7. The third-order valence-corrected chi connectivity index (χ3v) is 13.8. The van der Waals surface area contributed by atoms with E-state index in [1.807, 2.05) is 63.2 Å². The van der Waals surface area contributed by atoms with E-state index in [-0.39, 0.29) is 63.4 Å². The summed E-state index contributed by atoms with van der Waals surface area (Å²) in [5, 5.41) is 22.2. The van der Waals surface area contributed by atoms with Crippen LogP contribution in [0.15, 0.2) is 163 Å². The molecule has 85 heavy (non-hydrogen) atoms. The van der Waals surface area contributed by atoms with Gasteiger partial charge in [-0.25, -0.2) is 39.6 Å². The summed E-state index contributed by atoms with van der Waals surface area (Å²) in [6, 6.07) is 25.4. The number of nitrogens with zero attached hydrogens (tertiary/aromatic N) is 14. The van der Waals surface area contributed by atoms with Gasteiger partial charge in [0.25, 0.3) is 28.1 Å². The lowest BCUT2D eigenvalue weighted by molar-refractivity contribution is 0.380. The number of ether oxygens (including phenoxy) is 1. The molecule has 12 rings (SSSR count). The van der Waals surface area contributed by atoms with Gasteiger partial charge in [-0.05, 0) is 72.8 Å². The van der Waals surface area contributed by atoms with Gasteiger partial charge in [0.2, 0.25) is 0 Å². The predicted molar refractivity (Wildman–Crippen MR) is 319 cm³/mol. The number of halogens is 2. The number of anilines is 4. The first-order chi connectivity index (χ1) is 41.1. The minimum absolute atomic E-state index is 0.0634. The van der Waals surface area contributed by atoms with Crippen LogP contribution in [0.5, 0.6) is 6.01 Å². The van der Waals surface area contributed by atoms with Gasteiger partial charge < -0.3 is 46.1 Å². The van der Waals surface area contributed by atoms with Crippen LogP contribution in [0.2, 0.25) is 10.0 Å². The Morgan fingerprint density at radius 1 is 0.565 bits per heavy atom. The van der Waals surface area contributed by atoms with Gasteiger partial charge in [-0.1, -0.05) is 81.1 Å². The lowest BCUT2D eigenvalue weighted by atomic mass is 9.99. The Kier molecular flexibility index (Phi) is 16.4. The number of nitrogen functional groups attached to an aromatic ring is 2. The molecule has 0 saturated heterocycles. The summed E-state index contributed by atoms with van der Waals surface area (Å²) in [6.45, 7) is 20.2. The Morgan fingerprint density at radius 2 is 0.965 bits per heavy atom. The highest BCUT2D eigenvalue weighted by molar-refractivity contribution is 6.35. The number of hydrogen-bond acceptors (Lipinski definition) is 21. The van der Waals surface area contributed by atoms with E-state index in [9.17, 15) is 14.4 Å². The number of benzene rings is 3. The molecule has 3 atom stereocenters. The number of aromatic nitrogens is 12. The third kappa shape index (κ3) is 11.2. The quantitative estimate of drug-likeness (QED) is 0.0710. The maximum atomic E-state index is 14.0. The van der Waals surface area contributed by atoms with Gasteiger partial charge in [-0.3, -0.25) is 28.1 Å². The zero-order valence-corrected chi connectivity index (χ0v) is 46.6. The van der Waals surface area contributed by atoms with Crippen molar-refractivity contribution in [1.82, 2.24) is 59.1 Å². The standard InChI is InChI=1S/C24H19N9O3.C19H14ClN7O2.C14H12ClN3O2/c1-13(31-22-20(26-2)21(25)29-12-30-22)17-9-14-5-4-6-16(15-10-27-24(35-3)28-11-15)19(14)23(34)33(17)18-7-8-36-32-18;1-10(25-18-16(22-2)17(21)23-9-24-18)13-8-11-4-3-5-12(20)15(11)19(28)27(13)14-6-7-29-26-14;1-8(16)11-7-9-3-2-4-10(15)13(9)14(19)18(11)12-5-6-20-17-12/h4-13H,1,3H3,(H3,25,29,30,31);3-10H,1H3,(H3,21,23,24,25);2-8H,16H2,1H3/t13-;10-;8-/m000/s1. The smallest absolute Gasteiger partial charge is 0.316 e. The molecule has 0 aliphatic heterocycles. The first kappa shape index (κ1) is 56.9. The molecule has 8 N–H and O–H groups in total. The molecule has 26 nitrogen and oxygen atoms in total. The lowest BCUT2D eigenvalue weighted by Crippen LogP contribution is -2.26. The number of fused-ring (bicyclic) bond motifs is 3. The van der Waals surface area contributed by atoms with Crippen molar-refractivity contribution in [3.63, 3.8) is 0 Å². The van der Waals surface area contributed by atoms with Crippen LogP contribution < -0.4 is 49.2 Å². The molecule has 0 aliphatic rings. The van der Waals surface area contributed by atoms with Crippen molar-refractivity contribution in [3.8, 4) is 34.6 Å². The monoisotopic (exact) mass is 1180 g/mol. The molecule has 0 radical (unpaired) electrons. The van der Waals surface area contributed by atoms with Crippen molar-refractivity contribution in [2.45, 2.75) is 38.9 Å². The van der Waals surface area contributed by atoms with E-state index < -0.39 is 12.1 Å². The molecule has 9 heterocycles. The highest BCUT2D eigenvalue weighted by Crippen LogP contribution is 2.35. The zero-order chi connectivity index (χ0) is 60.1. The Labute approximate surface area is 489 Å². The molecule has 0 fully saturated rings. The van der Waals surface area contributed by atoms with E-state index in [0.717, 1.165) is 5.39 Å². The summed E-state index contributed by atoms with van der Waals surface area (Å²) < 4.78 is 24.1. The van der Waals surface area contributed by atoms with Gasteiger partial charge in [-0.15, -0.1) is 0 Å². The summed E-state index contributed by atoms with van der Waals surface area (Å²) in [4.78, 5) is 71.1. The SMILES string of the molecule is C[C@H](N)c1cc2cccc(Cl)c2c(=O)n1-c1ccon1.[C-]#[N+]c1c(N)ncnc1N[C@@H](C)c1cc2cccc(-c3cnc(OC)nc3)c2c(=O)n1-c1ccon1.[C-]#[N+]c1c(N)ncnc1N[C@@H](C)c1cc2cccc(Cl)c2c(=O)n1-c1ccon1. The molecule has 0 saturated carbocycles. The summed E-state index contributed by atoms with van der Waals surface area (Å²) in [5.41, 5.74) is 20.0. The highest BCUT2D eigenvalue weighted by Gasteiger charge is 2.24. The average molecular weight is 1180 g/mol. The van der Waals surface area contributed by atoms with E-state index in [2.05, 4.69) is 65.7 Å². The number of rotatable bonds is 12. The van der Waals surface area contributed by atoms with Crippen LogP contribution in [0, 0.1) is 13.1 Å². The van der Waals surface area contributed by atoms with Gasteiger partial charge >= 0.3 is 6.01 Å². The fourth-order valence-corrected chi connectivity index (χ4v) is 9.81. The maximum absolute atomic E-state index is 14.0. The highest BCUT2D eigenvalue weighted by atomic mass is 35.5. The summed E-state index contributed by atoms with van der Waals surface area (Å²) >= 11 is 12.4. The molecule has 0 unspecified atom stereocenters. The third-order valence-electron chi connectivity index (χ3n) is 13.2. The number of nitrogens with one attached hydrogen (secondary N) is 2. The second kappa shape index (κ2) is 24.4. The number of pyridine rings is 3. The molecular weight excluding hydrogens is 1130 g/mol. The Morgan fingerprint density at radius 3 is 1.36 bits per heavy atom. The average Bonchev–Trinajstić information content (AvgIpc) is 2.58. The van der Waals surface area contributed by atoms with Crippen molar-refractivity contribution in [3.05, 3.63) is 216 Å². The number of nitrogens with two attached hydrogens (primary N) is 3. The molecule has 0 aliphatic carbocycles. The normalized spacial score (nSPS) is 12.0. The van der Waals surface area contributed by atoms with Crippen LogP contribution in [0.4, 0.5) is 34.6 Å².